The highest BCUT2D eigenvalue weighted by atomic mass is 35.5. The fraction of sp³-hybridized carbons (Fsp3) is 0.111. The van der Waals surface area contributed by atoms with Gasteiger partial charge in [0, 0.05) is 11.1 Å². The number of Topliss-reactive ketones (excluding diaryl/α,β-unsaturated/α-hetero) is 1. The molecule has 11 heteroatoms. The van der Waals surface area contributed by atoms with Crippen molar-refractivity contribution in [3.63, 3.8) is 0 Å². The van der Waals surface area contributed by atoms with Gasteiger partial charge in [-0.1, -0.05) is 59.2 Å². The predicted octanol–water partition coefficient (Wildman–Crippen LogP) is 3.73. The molecule has 0 saturated carbocycles. The van der Waals surface area contributed by atoms with Crippen LogP contribution in [0.15, 0.2) is 52.7 Å². The summed E-state index contributed by atoms with van der Waals surface area (Å²) in [5.41, 5.74) is 3.86. The molecule has 1 heterocycles. The van der Waals surface area contributed by atoms with Crippen LogP contribution in [0.2, 0.25) is 10.0 Å². The van der Waals surface area contributed by atoms with Gasteiger partial charge in [0.1, 0.15) is 5.75 Å². The number of hydrogen-bond acceptors (Lipinski definition) is 8. The number of aromatic nitrogens is 3. The van der Waals surface area contributed by atoms with Gasteiger partial charge in [-0.25, -0.2) is 10.1 Å². The van der Waals surface area contributed by atoms with E-state index in [0.29, 0.717) is 32.1 Å². The van der Waals surface area contributed by atoms with Gasteiger partial charge < -0.3 is 10.6 Å². The molecule has 29 heavy (non-hydrogen) atoms. The number of nitrogen functional groups attached to an aromatic ring is 1. The first-order valence-electron chi connectivity index (χ1n) is 8.23. The molecule has 3 rings (SSSR count). The SMILES string of the molecule is COc1cccc(C(=O)CSc2nnc(N/N=C/c3cccc(Cl)c3Cl)n2N)c1. The molecule has 8 nitrogen and oxygen atoms in total. The Labute approximate surface area is 181 Å². The van der Waals surface area contributed by atoms with Gasteiger partial charge in [-0.05, 0) is 18.2 Å². The number of methoxy groups -OCH3 is 1. The van der Waals surface area contributed by atoms with E-state index >= 15 is 0 Å². The standard InChI is InChI=1S/C18H16Cl2N6O2S/c1-28-13-6-2-4-11(8-13)15(27)10-29-18-25-24-17(26(18)21)23-22-9-12-5-3-7-14(19)16(12)20/h2-9H,10,21H2,1H3,(H,23,24)/b22-9+. The number of carbonyl (C=O) groups is 1. The molecular weight excluding hydrogens is 435 g/mol. The van der Waals surface area contributed by atoms with Gasteiger partial charge in [-0.3, -0.25) is 4.79 Å². The van der Waals surface area contributed by atoms with Crippen LogP contribution in [-0.2, 0) is 0 Å². The van der Waals surface area contributed by atoms with E-state index in [4.69, 9.17) is 33.8 Å². The van der Waals surface area contributed by atoms with Crippen molar-refractivity contribution in [1.82, 2.24) is 14.9 Å². The number of hydrazone groups is 1. The van der Waals surface area contributed by atoms with Crippen molar-refractivity contribution in [2.24, 2.45) is 5.10 Å². The number of rotatable bonds is 8. The Balaban J connectivity index is 1.61. The second-order valence-corrected chi connectivity index (χ2v) is 7.36. The summed E-state index contributed by atoms with van der Waals surface area (Å²) in [6.07, 6.45) is 1.49. The molecule has 150 valence electrons. The van der Waals surface area contributed by atoms with Crippen LogP contribution >= 0.6 is 35.0 Å². The Morgan fingerprint density at radius 2 is 2.10 bits per heavy atom. The van der Waals surface area contributed by atoms with Crippen LogP contribution < -0.4 is 16.0 Å². The summed E-state index contributed by atoms with van der Waals surface area (Å²) in [5, 5.41) is 13.1. The maximum absolute atomic E-state index is 12.4. The molecule has 0 amide bonds. The lowest BCUT2D eigenvalue weighted by atomic mass is 10.1. The Hall–Kier alpha value is -2.75. The minimum atomic E-state index is -0.0833. The maximum atomic E-state index is 12.4. The molecule has 1 aromatic heterocycles. The summed E-state index contributed by atoms with van der Waals surface area (Å²) in [6, 6.07) is 12.1. The predicted molar refractivity (Wildman–Crippen MR) is 116 cm³/mol. The molecule has 3 aromatic rings. The fourth-order valence-electron chi connectivity index (χ4n) is 2.24. The number of nitrogens with zero attached hydrogens (tertiary/aromatic N) is 4. The molecular formula is C18H16Cl2N6O2S. The minimum Gasteiger partial charge on any atom is -0.497 e. The molecule has 0 aliphatic carbocycles. The number of ketones is 1. The van der Waals surface area contributed by atoms with E-state index in [1.807, 2.05) is 0 Å². The smallest absolute Gasteiger partial charge is 0.264 e. The highest BCUT2D eigenvalue weighted by molar-refractivity contribution is 7.99. The first-order valence-corrected chi connectivity index (χ1v) is 9.97. The highest BCUT2D eigenvalue weighted by Crippen LogP contribution is 2.24. The van der Waals surface area contributed by atoms with E-state index in [1.165, 1.54) is 10.9 Å². The first kappa shape index (κ1) is 21.0. The molecule has 0 saturated heterocycles. The zero-order valence-electron chi connectivity index (χ0n) is 15.2. The van der Waals surface area contributed by atoms with E-state index in [2.05, 4.69) is 20.7 Å². The van der Waals surface area contributed by atoms with Gasteiger partial charge in [0.2, 0.25) is 5.16 Å². The Morgan fingerprint density at radius 1 is 1.31 bits per heavy atom. The van der Waals surface area contributed by atoms with Crippen molar-refractivity contribution in [3.05, 3.63) is 63.6 Å². The van der Waals surface area contributed by atoms with Crippen LogP contribution in [0, 0.1) is 0 Å². The summed E-state index contributed by atoms with van der Waals surface area (Å²) in [6.45, 7) is 0. The lowest BCUT2D eigenvalue weighted by Gasteiger charge is -2.04. The van der Waals surface area contributed by atoms with E-state index in [9.17, 15) is 4.79 Å². The molecule has 0 bridgehead atoms. The van der Waals surface area contributed by atoms with Gasteiger partial charge in [-0.15, -0.1) is 10.2 Å². The largest absolute Gasteiger partial charge is 0.497 e. The lowest BCUT2D eigenvalue weighted by Crippen LogP contribution is -2.14. The Bertz CT molecular complexity index is 1060. The molecule has 0 aliphatic rings. The average Bonchev–Trinajstić information content (AvgIpc) is 3.09. The zero-order valence-corrected chi connectivity index (χ0v) is 17.5. The van der Waals surface area contributed by atoms with E-state index in [1.54, 1.807) is 49.6 Å². The number of ether oxygens (including phenoxy) is 1. The molecule has 0 fully saturated rings. The van der Waals surface area contributed by atoms with Gasteiger partial charge in [0.25, 0.3) is 5.95 Å². The van der Waals surface area contributed by atoms with Crippen LogP contribution in [-0.4, -0.2) is 39.7 Å². The molecule has 0 unspecified atom stereocenters. The van der Waals surface area contributed by atoms with Gasteiger partial charge in [0.15, 0.2) is 5.78 Å². The highest BCUT2D eigenvalue weighted by Gasteiger charge is 2.13. The normalized spacial score (nSPS) is 11.0. The van der Waals surface area contributed by atoms with Crippen molar-refractivity contribution >= 4 is 52.9 Å². The molecule has 0 aliphatic heterocycles. The van der Waals surface area contributed by atoms with Crippen molar-refractivity contribution in [1.29, 1.82) is 0 Å². The average molecular weight is 451 g/mol. The van der Waals surface area contributed by atoms with Crippen molar-refractivity contribution < 1.29 is 9.53 Å². The molecule has 0 spiro atoms. The third-order valence-electron chi connectivity index (χ3n) is 3.74. The molecule has 2 aromatic carbocycles. The van der Waals surface area contributed by atoms with Crippen LogP contribution in [0.1, 0.15) is 15.9 Å². The Kier molecular flexibility index (Phi) is 6.97. The summed E-state index contributed by atoms with van der Waals surface area (Å²) in [5.74, 6) is 6.84. The van der Waals surface area contributed by atoms with Crippen LogP contribution in [0.25, 0.3) is 0 Å². The van der Waals surface area contributed by atoms with Crippen molar-refractivity contribution in [3.8, 4) is 5.75 Å². The third kappa shape index (κ3) is 5.20. The summed E-state index contributed by atoms with van der Waals surface area (Å²) in [7, 11) is 1.55. The molecule has 0 radical (unpaired) electrons. The van der Waals surface area contributed by atoms with Crippen LogP contribution in [0.5, 0.6) is 5.75 Å². The van der Waals surface area contributed by atoms with Crippen LogP contribution in [0.4, 0.5) is 5.95 Å². The zero-order chi connectivity index (χ0) is 20.8. The number of carbonyl (C=O) groups excluding carboxylic acids is 1. The summed E-state index contributed by atoms with van der Waals surface area (Å²) >= 11 is 13.2. The quantitative estimate of drug-likeness (QED) is 0.177. The van der Waals surface area contributed by atoms with Crippen molar-refractivity contribution in [2.45, 2.75) is 5.16 Å². The monoisotopic (exact) mass is 450 g/mol. The fourth-order valence-corrected chi connectivity index (χ4v) is 3.35. The van der Waals surface area contributed by atoms with Crippen molar-refractivity contribution in [2.75, 3.05) is 24.1 Å². The number of benzene rings is 2. The second-order valence-electron chi connectivity index (χ2n) is 5.63. The van der Waals surface area contributed by atoms with Gasteiger partial charge in [-0.2, -0.15) is 5.10 Å². The lowest BCUT2D eigenvalue weighted by molar-refractivity contribution is 0.102. The Morgan fingerprint density at radius 3 is 2.90 bits per heavy atom. The third-order valence-corrected chi connectivity index (χ3v) is 5.51. The second kappa shape index (κ2) is 9.64. The minimum absolute atomic E-state index is 0.0833. The number of nitrogens with one attached hydrogen (secondary N) is 1. The number of thioether (sulfide) groups is 1. The number of hydrogen-bond donors (Lipinski definition) is 2. The van der Waals surface area contributed by atoms with E-state index in [-0.39, 0.29) is 17.5 Å². The molecule has 3 N–H and O–H groups in total. The van der Waals surface area contributed by atoms with Gasteiger partial charge >= 0.3 is 0 Å². The number of nitrogens with two attached hydrogens (primary N) is 1. The molecule has 0 atom stereocenters. The van der Waals surface area contributed by atoms with E-state index in [0.717, 1.165) is 11.8 Å². The van der Waals surface area contributed by atoms with E-state index < -0.39 is 0 Å². The summed E-state index contributed by atoms with van der Waals surface area (Å²) < 4.78 is 6.34. The number of anilines is 1. The summed E-state index contributed by atoms with van der Waals surface area (Å²) in [4.78, 5) is 12.4. The first-order chi connectivity index (χ1) is 14.0. The maximum Gasteiger partial charge on any atom is 0.264 e. The number of halogens is 2. The van der Waals surface area contributed by atoms with Gasteiger partial charge in [0.05, 0.1) is 29.1 Å². The van der Waals surface area contributed by atoms with Crippen LogP contribution in [0.3, 0.4) is 0 Å². The topological polar surface area (TPSA) is 107 Å².